The topological polar surface area (TPSA) is 45.5 Å². The first-order valence-electron chi connectivity index (χ1n) is 5.26. The average Bonchev–Trinajstić information content (AvgIpc) is 2.26. The van der Waals surface area contributed by atoms with Crippen LogP contribution in [0.2, 0.25) is 0 Å². The Morgan fingerprint density at radius 1 is 1.40 bits per heavy atom. The van der Waals surface area contributed by atoms with Crippen molar-refractivity contribution in [2.45, 2.75) is 13.5 Å². The van der Waals surface area contributed by atoms with Crippen molar-refractivity contribution in [1.82, 2.24) is 9.47 Å². The highest BCUT2D eigenvalue weighted by molar-refractivity contribution is 4.93. The van der Waals surface area contributed by atoms with Crippen molar-refractivity contribution in [2.24, 2.45) is 0 Å². The molecular formula is C11H18N2O2. The molecule has 4 heteroatoms. The van der Waals surface area contributed by atoms with Crippen LogP contribution in [0.3, 0.4) is 0 Å². The summed E-state index contributed by atoms with van der Waals surface area (Å²) in [6.07, 6.45) is 1.79. The van der Waals surface area contributed by atoms with Crippen LogP contribution in [0.25, 0.3) is 0 Å². The van der Waals surface area contributed by atoms with Crippen molar-refractivity contribution in [3.63, 3.8) is 0 Å². The average molecular weight is 210 g/mol. The van der Waals surface area contributed by atoms with Crippen LogP contribution in [-0.4, -0.2) is 40.8 Å². The summed E-state index contributed by atoms with van der Waals surface area (Å²) in [5.41, 5.74) is 0.0255. The van der Waals surface area contributed by atoms with Crippen LogP contribution in [0, 0.1) is 0 Å². The fourth-order valence-electron chi connectivity index (χ4n) is 1.46. The summed E-state index contributed by atoms with van der Waals surface area (Å²) in [5, 5.41) is 8.81. The molecule has 0 saturated heterocycles. The molecule has 15 heavy (non-hydrogen) atoms. The maximum absolute atomic E-state index is 11.4. The molecule has 0 aliphatic heterocycles. The Hall–Kier alpha value is -1.13. The summed E-state index contributed by atoms with van der Waals surface area (Å²) in [4.78, 5) is 13.5. The van der Waals surface area contributed by atoms with E-state index < -0.39 is 0 Å². The van der Waals surface area contributed by atoms with E-state index in [9.17, 15) is 4.79 Å². The second-order valence-electron chi connectivity index (χ2n) is 3.39. The van der Waals surface area contributed by atoms with Crippen molar-refractivity contribution >= 4 is 0 Å². The van der Waals surface area contributed by atoms with E-state index >= 15 is 0 Å². The zero-order valence-corrected chi connectivity index (χ0v) is 9.09. The fourth-order valence-corrected chi connectivity index (χ4v) is 1.46. The number of aliphatic hydroxyl groups is 1. The molecule has 0 spiro atoms. The van der Waals surface area contributed by atoms with E-state index in [0.717, 1.165) is 13.1 Å². The van der Waals surface area contributed by atoms with E-state index in [0.29, 0.717) is 13.1 Å². The van der Waals surface area contributed by atoms with Crippen LogP contribution in [0.5, 0.6) is 0 Å². The van der Waals surface area contributed by atoms with Gasteiger partial charge in [-0.3, -0.25) is 9.69 Å². The van der Waals surface area contributed by atoms with Crippen molar-refractivity contribution in [3.05, 3.63) is 34.7 Å². The highest BCUT2D eigenvalue weighted by atomic mass is 16.3. The first kappa shape index (κ1) is 11.9. The van der Waals surface area contributed by atoms with E-state index in [1.165, 1.54) is 0 Å². The first-order valence-corrected chi connectivity index (χ1v) is 5.26. The van der Waals surface area contributed by atoms with E-state index in [4.69, 9.17) is 5.11 Å². The molecule has 0 saturated carbocycles. The van der Waals surface area contributed by atoms with Gasteiger partial charge in [-0.05, 0) is 12.6 Å². The van der Waals surface area contributed by atoms with Crippen LogP contribution in [0.15, 0.2) is 29.2 Å². The maximum Gasteiger partial charge on any atom is 0.250 e. The van der Waals surface area contributed by atoms with Gasteiger partial charge in [0.1, 0.15) is 0 Å². The molecule has 0 radical (unpaired) electrons. The largest absolute Gasteiger partial charge is 0.395 e. The molecule has 1 aromatic heterocycles. The maximum atomic E-state index is 11.4. The molecule has 0 aliphatic rings. The molecule has 0 bridgehead atoms. The van der Waals surface area contributed by atoms with Crippen molar-refractivity contribution in [2.75, 3.05) is 26.2 Å². The smallest absolute Gasteiger partial charge is 0.250 e. The van der Waals surface area contributed by atoms with E-state index in [2.05, 4.69) is 4.90 Å². The Morgan fingerprint density at radius 2 is 2.20 bits per heavy atom. The number of aromatic nitrogens is 1. The second kappa shape index (κ2) is 6.37. The monoisotopic (exact) mass is 210 g/mol. The zero-order chi connectivity index (χ0) is 11.1. The molecule has 1 rings (SSSR count). The van der Waals surface area contributed by atoms with Gasteiger partial charge in [-0.2, -0.15) is 0 Å². The number of hydrogen-bond acceptors (Lipinski definition) is 3. The van der Waals surface area contributed by atoms with Gasteiger partial charge in [0.05, 0.1) is 6.61 Å². The molecule has 0 unspecified atom stereocenters. The third kappa shape index (κ3) is 3.85. The van der Waals surface area contributed by atoms with Gasteiger partial charge >= 0.3 is 0 Å². The quantitative estimate of drug-likeness (QED) is 0.727. The molecule has 0 aromatic carbocycles. The third-order valence-electron chi connectivity index (χ3n) is 2.42. The van der Waals surface area contributed by atoms with Gasteiger partial charge in [-0.1, -0.05) is 13.0 Å². The Bertz CT molecular complexity index is 335. The van der Waals surface area contributed by atoms with E-state index in [-0.39, 0.29) is 12.2 Å². The van der Waals surface area contributed by atoms with Gasteiger partial charge in [0.15, 0.2) is 0 Å². The number of rotatable bonds is 6. The number of nitrogens with zero attached hydrogens (tertiary/aromatic N) is 2. The third-order valence-corrected chi connectivity index (χ3v) is 2.42. The minimum atomic E-state index is 0.0255. The molecule has 1 N–H and O–H groups in total. The molecule has 1 aromatic rings. The second-order valence-corrected chi connectivity index (χ2v) is 3.39. The molecule has 0 atom stereocenters. The van der Waals surface area contributed by atoms with Crippen molar-refractivity contribution in [3.8, 4) is 0 Å². The summed E-state index contributed by atoms with van der Waals surface area (Å²) >= 11 is 0. The van der Waals surface area contributed by atoms with Gasteiger partial charge in [-0.25, -0.2) is 0 Å². The molecule has 1 heterocycles. The summed E-state index contributed by atoms with van der Waals surface area (Å²) < 4.78 is 1.68. The summed E-state index contributed by atoms with van der Waals surface area (Å²) in [7, 11) is 0. The SMILES string of the molecule is CCN(CCO)CCn1ccccc1=O. The lowest BCUT2D eigenvalue weighted by molar-refractivity contribution is 0.197. The van der Waals surface area contributed by atoms with Crippen molar-refractivity contribution in [1.29, 1.82) is 0 Å². The number of pyridine rings is 1. The minimum absolute atomic E-state index is 0.0255. The van der Waals surface area contributed by atoms with Gasteiger partial charge in [0.2, 0.25) is 0 Å². The first-order chi connectivity index (χ1) is 7.27. The molecule has 0 amide bonds. The molecule has 0 fully saturated rings. The van der Waals surface area contributed by atoms with Gasteiger partial charge < -0.3 is 9.67 Å². The normalized spacial score (nSPS) is 10.9. The van der Waals surface area contributed by atoms with Crippen LogP contribution in [0.1, 0.15) is 6.92 Å². The van der Waals surface area contributed by atoms with Crippen LogP contribution < -0.4 is 5.56 Å². The summed E-state index contributed by atoms with van der Waals surface area (Å²) in [6, 6.07) is 5.15. The number of likely N-dealkylation sites (N-methyl/N-ethyl adjacent to an activating group) is 1. The lowest BCUT2D eigenvalue weighted by Crippen LogP contribution is -2.32. The predicted octanol–water partition coefficient (Wildman–Crippen LogP) is 0.162. The molecule has 4 nitrogen and oxygen atoms in total. The molecule has 84 valence electrons. The Kier molecular flexibility index (Phi) is 5.07. The summed E-state index contributed by atoms with van der Waals surface area (Å²) in [5.74, 6) is 0. The van der Waals surface area contributed by atoms with E-state index in [1.807, 2.05) is 13.0 Å². The highest BCUT2D eigenvalue weighted by Crippen LogP contribution is 1.89. The Labute approximate surface area is 89.8 Å². The molecular weight excluding hydrogens is 192 g/mol. The lowest BCUT2D eigenvalue weighted by Gasteiger charge is -2.19. The van der Waals surface area contributed by atoms with Gasteiger partial charge in [0, 0.05) is 31.9 Å². The standard InChI is InChI=1S/C11H18N2O2/c1-2-12(9-10-14)7-8-13-6-4-3-5-11(13)15/h3-6,14H,2,7-10H2,1H3. The number of aliphatic hydroxyl groups excluding tert-OH is 1. The number of hydrogen-bond donors (Lipinski definition) is 1. The highest BCUT2D eigenvalue weighted by Gasteiger charge is 2.01. The Morgan fingerprint density at radius 3 is 2.80 bits per heavy atom. The van der Waals surface area contributed by atoms with Crippen molar-refractivity contribution < 1.29 is 5.11 Å². The Balaban J connectivity index is 2.49. The van der Waals surface area contributed by atoms with Crippen LogP contribution in [-0.2, 0) is 6.54 Å². The van der Waals surface area contributed by atoms with Gasteiger partial charge in [-0.15, -0.1) is 0 Å². The zero-order valence-electron chi connectivity index (χ0n) is 9.09. The van der Waals surface area contributed by atoms with Crippen LogP contribution in [0.4, 0.5) is 0 Å². The van der Waals surface area contributed by atoms with Crippen LogP contribution >= 0.6 is 0 Å². The minimum Gasteiger partial charge on any atom is -0.395 e. The van der Waals surface area contributed by atoms with E-state index in [1.54, 1.807) is 22.9 Å². The van der Waals surface area contributed by atoms with Gasteiger partial charge in [0.25, 0.3) is 5.56 Å². The fraction of sp³-hybridized carbons (Fsp3) is 0.545. The summed E-state index contributed by atoms with van der Waals surface area (Å²) in [6.45, 7) is 5.23. The lowest BCUT2D eigenvalue weighted by atomic mass is 10.4. The predicted molar refractivity (Wildman–Crippen MR) is 59.9 cm³/mol. The molecule has 0 aliphatic carbocycles.